The van der Waals surface area contributed by atoms with Crippen LogP contribution in [0.4, 0.5) is 11.4 Å². The monoisotopic (exact) mass is 368 g/mol. The third-order valence-corrected chi connectivity index (χ3v) is 4.23. The molecule has 0 radical (unpaired) electrons. The Kier molecular flexibility index (Phi) is 4.59. The van der Waals surface area contributed by atoms with Crippen LogP contribution >= 0.6 is 27.5 Å². The Labute approximate surface area is 134 Å². The highest BCUT2D eigenvalue weighted by Crippen LogP contribution is 2.28. The molecule has 1 amide bonds. The van der Waals surface area contributed by atoms with Crippen molar-refractivity contribution >= 4 is 44.8 Å². The predicted octanol–water partition coefficient (Wildman–Crippen LogP) is 4.57. The van der Waals surface area contributed by atoms with Crippen molar-refractivity contribution in [1.82, 2.24) is 0 Å². The van der Waals surface area contributed by atoms with Gasteiger partial charge in [-0.25, -0.2) is 0 Å². The molecule has 2 rings (SSSR count). The maximum absolute atomic E-state index is 12.3. The largest absolute Gasteiger partial charge is 0.320 e. The van der Waals surface area contributed by atoms with Crippen LogP contribution in [-0.4, -0.2) is 10.8 Å². The van der Waals surface area contributed by atoms with Crippen molar-refractivity contribution in [3.8, 4) is 0 Å². The van der Waals surface area contributed by atoms with Crippen LogP contribution in [0.15, 0.2) is 40.9 Å². The first-order chi connectivity index (χ1) is 9.90. The Hall–Kier alpha value is -1.92. The molecule has 0 saturated heterocycles. The van der Waals surface area contributed by atoms with E-state index in [1.165, 1.54) is 18.2 Å². The number of aryl methyl sites for hydroxylation is 1. The molecule has 7 heteroatoms. The molecular weight excluding hydrogens is 360 g/mol. The Morgan fingerprint density at radius 3 is 2.71 bits per heavy atom. The Balaban J connectivity index is 2.33. The summed E-state index contributed by atoms with van der Waals surface area (Å²) in [6, 6.07) is 9.15. The van der Waals surface area contributed by atoms with Crippen molar-refractivity contribution in [2.24, 2.45) is 0 Å². The molecule has 0 heterocycles. The summed E-state index contributed by atoms with van der Waals surface area (Å²) in [4.78, 5) is 22.5. The number of nitrogens with one attached hydrogen (secondary N) is 1. The molecule has 0 bridgehead atoms. The number of benzene rings is 2. The molecule has 0 aliphatic heterocycles. The zero-order chi connectivity index (χ0) is 15.6. The van der Waals surface area contributed by atoms with Crippen molar-refractivity contribution in [1.29, 1.82) is 0 Å². The lowest BCUT2D eigenvalue weighted by Gasteiger charge is -2.09. The van der Waals surface area contributed by atoms with Crippen molar-refractivity contribution < 1.29 is 9.72 Å². The molecule has 0 aliphatic rings. The third kappa shape index (κ3) is 3.40. The van der Waals surface area contributed by atoms with Crippen molar-refractivity contribution in [3.05, 3.63) is 67.1 Å². The molecule has 2 aromatic rings. The molecule has 0 unspecified atom stereocenters. The molecule has 108 valence electrons. The van der Waals surface area contributed by atoms with Gasteiger partial charge in [-0.05, 0) is 40.5 Å². The fourth-order valence-electron chi connectivity index (χ4n) is 1.74. The van der Waals surface area contributed by atoms with Crippen LogP contribution in [-0.2, 0) is 0 Å². The van der Waals surface area contributed by atoms with Crippen LogP contribution in [0.2, 0.25) is 5.02 Å². The minimum Gasteiger partial charge on any atom is -0.320 e. The molecule has 0 aromatic heterocycles. The topological polar surface area (TPSA) is 72.2 Å². The van der Waals surface area contributed by atoms with Crippen LogP contribution in [0.25, 0.3) is 0 Å². The molecule has 2 aromatic carbocycles. The molecule has 1 N–H and O–H groups in total. The lowest BCUT2D eigenvalue weighted by atomic mass is 10.1. The van der Waals surface area contributed by atoms with Gasteiger partial charge in [0.1, 0.15) is 0 Å². The van der Waals surface area contributed by atoms with Crippen molar-refractivity contribution in [2.75, 3.05) is 5.32 Å². The fourth-order valence-corrected chi connectivity index (χ4v) is 2.34. The van der Waals surface area contributed by atoms with Gasteiger partial charge in [-0.3, -0.25) is 14.9 Å². The quantitative estimate of drug-likeness (QED) is 0.636. The minimum absolute atomic E-state index is 0.141. The van der Waals surface area contributed by atoms with Gasteiger partial charge in [-0.1, -0.05) is 23.7 Å². The van der Waals surface area contributed by atoms with Crippen molar-refractivity contribution in [2.45, 2.75) is 6.92 Å². The van der Waals surface area contributed by atoms with Gasteiger partial charge in [0.25, 0.3) is 11.6 Å². The zero-order valence-electron chi connectivity index (χ0n) is 10.9. The van der Waals surface area contributed by atoms with E-state index in [1.54, 1.807) is 12.1 Å². The van der Waals surface area contributed by atoms with E-state index in [4.69, 9.17) is 11.6 Å². The molecule has 0 aliphatic carbocycles. The SMILES string of the molecule is Cc1cccc(C(=O)Nc2cc([N+](=O)[O-])ccc2Cl)c1Br. The maximum Gasteiger partial charge on any atom is 0.271 e. The Morgan fingerprint density at radius 1 is 1.33 bits per heavy atom. The second-order valence-corrected chi connectivity index (χ2v) is 5.51. The van der Waals surface area contributed by atoms with E-state index in [-0.39, 0.29) is 16.4 Å². The number of non-ortho nitro benzene ring substituents is 1. The molecule has 0 atom stereocenters. The van der Waals surface area contributed by atoms with E-state index < -0.39 is 10.8 Å². The number of hydrogen-bond acceptors (Lipinski definition) is 3. The van der Waals surface area contributed by atoms with Gasteiger partial charge in [0.2, 0.25) is 0 Å². The van der Waals surface area contributed by atoms with Crippen LogP contribution in [0.1, 0.15) is 15.9 Å². The van der Waals surface area contributed by atoms with E-state index in [1.807, 2.05) is 13.0 Å². The first kappa shape index (κ1) is 15.5. The van der Waals surface area contributed by atoms with E-state index in [0.29, 0.717) is 10.0 Å². The van der Waals surface area contributed by atoms with Gasteiger partial charge in [0.05, 0.1) is 21.2 Å². The highest BCUT2D eigenvalue weighted by atomic mass is 79.9. The molecule has 21 heavy (non-hydrogen) atoms. The van der Waals surface area contributed by atoms with E-state index in [0.717, 1.165) is 5.56 Å². The number of nitro groups is 1. The van der Waals surface area contributed by atoms with E-state index in [2.05, 4.69) is 21.2 Å². The normalized spacial score (nSPS) is 10.2. The van der Waals surface area contributed by atoms with Crippen molar-refractivity contribution in [3.63, 3.8) is 0 Å². The van der Waals surface area contributed by atoms with Gasteiger partial charge >= 0.3 is 0 Å². The second kappa shape index (κ2) is 6.24. The van der Waals surface area contributed by atoms with Crippen LogP contribution < -0.4 is 5.32 Å². The summed E-state index contributed by atoms with van der Waals surface area (Å²) in [5.41, 5.74) is 1.40. The summed E-state index contributed by atoms with van der Waals surface area (Å²) < 4.78 is 0.670. The summed E-state index contributed by atoms with van der Waals surface area (Å²) in [7, 11) is 0. The summed E-state index contributed by atoms with van der Waals surface area (Å²) in [5, 5.41) is 13.6. The highest BCUT2D eigenvalue weighted by molar-refractivity contribution is 9.10. The van der Waals surface area contributed by atoms with Crippen LogP contribution in [0, 0.1) is 17.0 Å². The predicted molar refractivity (Wildman–Crippen MR) is 84.9 cm³/mol. The number of nitro benzene ring substituents is 1. The number of hydrogen-bond donors (Lipinski definition) is 1. The number of rotatable bonds is 3. The summed E-state index contributed by atoms with van der Waals surface area (Å²) in [6.07, 6.45) is 0. The number of anilines is 1. The lowest BCUT2D eigenvalue weighted by molar-refractivity contribution is -0.384. The minimum atomic E-state index is -0.547. The number of carbonyl (C=O) groups excluding carboxylic acids is 1. The first-order valence-electron chi connectivity index (χ1n) is 5.90. The average Bonchev–Trinajstić information content (AvgIpc) is 2.43. The van der Waals surface area contributed by atoms with E-state index >= 15 is 0 Å². The standard InChI is InChI=1S/C14H10BrClN2O3/c1-8-3-2-4-10(13(8)15)14(19)17-12-7-9(18(20)21)5-6-11(12)16/h2-7H,1H3,(H,17,19). The molecule has 0 saturated carbocycles. The molecule has 0 spiro atoms. The van der Waals surface area contributed by atoms with E-state index in [9.17, 15) is 14.9 Å². The fraction of sp³-hybridized carbons (Fsp3) is 0.0714. The summed E-state index contributed by atoms with van der Waals surface area (Å²) in [5.74, 6) is -0.395. The van der Waals surface area contributed by atoms with Gasteiger partial charge in [-0.2, -0.15) is 0 Å². The number of amides is 1. The maximum atomic E-state index is 12.3. The van der Waals surface area contributed by atoms with Gasteiger partial charge in [-0.15, -0.1) is 0 Å². The Bertz CT molecular complexity index is 734. The van der Waals surface area contributed by atoms with Gasteiger partial charge in [0.15, 0.2) is 0 Å². The second-order valence-electron chi connectivity index (χ2n) is 4.31. The number of carbonyl (C=O) groups is 1. The Morgan fingerprint density at radius 2 is 2.05 bits per heavy atom. The van der Waals surface area contributed by atoms with Gasteiger partial charge in [0, 0.05) is 16.6 Å². The van der Waals surface area contributed by atoms with Gasteiger partial charge < -0.3 is 5.32 Å². The first-order valence-corrected chi connectivity index (χ1v) is 7.07. The zero-order valence-corrected chi connectivity index (χ0v) is 13.2. The lowest BCUT2D eigenvalue weighted by Crippen LogP contribution is -2.13. The molecule has 0 fully saturated rings. The summed E-state index contributed by atoms with van der Waals surface area (Å²) >= 11 is 9.30. The molecule has 5 nitrogen and oxygen atoms in total. The average molecular weight is 370 g/mol. The van der Waals surface area contributed by atoms with Crippen LogP contribution in [0.5, 0.6) is 0 Å². The molecular formula is C14H10BrClN2O3. The van der Waals surface area contributed by atoms with Crippen LogP contribution in [0.3, 0.4) is 0 Å². The number of halogens is 2. The third-order valence-electron chi connectivity index (χ3n) is 2.85. The summed E-state index contributed by atoms with van der Waals surface area (Å²) in [6.45, 7) is 1.86. The smallest absolute Gasteiger partial charge is 0.271 e. The number of nitrogens with zero attached hydrogens (tertiary/aromatic N) is 1. The highest BCUT2D eigenvalue weighted by Gasteiger charge is 2.15.